The molecule has 1 unspecified atom stereocenters. The summed E-state index contributed by atoms with van der Waals surface area (Å²) in [5.74, 6) is -0.214. The highest BCUT2D eigenvalue weighted by atomic mass is 35.5. The molecule has 0 heterocycles. The smallest absolute Gasteiger partial charge is 0.352 e. The van der Waals surface area contributed by atoms with E-state index in [9.17, 15) is 9.36 Å². The molecule has 0 saturated heterocycles. The number of hydrogen-bond donors (Lipinski definition) is 2. The fourth-order valence-corrected chi connectivity index (χ4v) is 0.853. The second kappa shape index (κ2) is 14.5. The van der Waals surface area contributed by atoms with E-state index in [0.717, 1.165) is 0 Å². The minimum atomic E-state index is -2.53. The zero-order valence-corrected chi connectivity index (χ0v) is 13.0. The van der Waals surface area contributed by atoms with E-state index in [1.165, 1.54) is 0 Å². The first kappa shape index (κ1) is 22.6. The van der Waals surface area contributed by atoms with Crippen molar-refractivity contribution in [1.29, 1.82) is 0 Å². The third-order valence-corrected chi connectivity index (χ3v) is 1.60. The first-order valence-corrected chi connectivity index (χ1v) is 6.24. The first-order valence-electron chi connectivity index (χ1n) is 5.11. The van der Waals surface area contributed by atoms with Crippen LogP contribution in [0.25, 0.3) is 0 Å². The molecular weight excluding hydrogens is 279 g/mol. The summed E-state index contributed by atoms with van der Waals surface area (Å²) in [5, 5.41) is 2.56. The molecule has 0 rings (SSSR count). The molecule has 6 nitrogen and oxygen atoms in total. The topological polar surface area (TPSA) is 78.9 Å². The van der Waals surface area contributed by atoms with Crippen molar-refractivity contribution in [2.75, 3.05) is 34.3 Å². The Morgan fingerprint density at radius 1 is 1.44 bits per heavy atom. The molecule has 0 aromatic rings. The molecule has 18 heavy (non-hydrogen) atoms. The van der Waals surface area contributed by atoms with Gasteiger partial charge in [0.2, 0.25) is 5.91 Å². The van der Waals surface area contributed by atoms with Crippen LogP contribution in [0.15, 0.2) is 12.2 Å². The van der Waals surface area contributed by atoms with Crippen molar-refractivity contribution in [3.8, 4) is 0 Å². The van der Waals surface area contributed by atoms with Gasteiger partial charge < -0.3 is 10.2 Å². The zero-order valence-electron chi connectivity index (χ0n) is 11.3. The maximum Gasteiger partial charge on any atom is 0.694 e. The molecule has 0 aliphatic rings. The van der Waals surface area contributed by atoms with Crippen LogP contribution in [0.4, 0.5) is 0 Å². The summed E-state index contributed by atoms with van der Waals surface area (Å²) in [7, 11) is 3.47. The van der Waals surface area contributed by atoms with E-state index in [-0.39, 0.29) is 24.9 Å². The lowest BCUT2D eigenvalue weighted by atomic mass is 10.3. The molecule has 0 aromatic heterocycles. The molecule has 0 aromatic carbocycles. The van der Waals surface area contributed by atoms with Crippen LogP contribution in [-0.2, 0) is 13.9 Å². The van der Waals surface area contributed by atoms with Crippen LogP contribution < -0.4 is 5.32 Å². The molecule has 0 aliphatic carbocycles. The maximum absolute atomic E-state index is 10.9. The average Bonchev–Trinajstić information content (AvgIpc) is 2.15. The van der Waals surface area contributed by atoms with Gasteiger partial charge in [0.15, 0.2) is 0 Å². The largest absolute Gasteiger partial charge is 0.694 e. The Balaban J connectivity index is -0.000000392. The Morgan fingerprint density at radius 3 is 2.22 bits per heavy atom. The number of carbonyl (C=O) groups excluding carboxylic acids is 1. The molecule has 0 radical (unpaired) electrons. The van der Waals surface area contributed by atoms with Crippen LogP contribution in [0, 0.1) is 0 Å². The standard InChI is InChI=1S/C7H12NO4P.C3H9N.ClH/c1-6(2)7(9)8-4-3-5-12-13(10)11;1-4(2)3;/h1,3-5H2,2H3,(H-,8,9,10,11);1-3H3;1H/p+1. The summed E-state index contributed by atoms with van der Waals surface area (Å²) in [6.07, 6.45) is 0.501. The van der Waals surface area contributed by atoms with Gasteiger partial charge in [-0.1, -0.05) is 6.58 Å². The lowest BCUT2D eigenvalue weighted by molar-refractivity contribution is -0.117. The van der Waals surface area contributed by atoms with Gasteiger partial charge in [-0.05, 0) is 34.5 Å². The fourth-order valence-electron chi connectivity index (χ4n) is 0.568. The molecule has 0 saturated carbocycles. The minimum Gasteiger partial charge on any atom is -0.352 e. The van der Waals surface area contributed by atoms with Crippen molar-refractivity contribution >= 4 is 26.6 Å². The molecular formula is C10H23ClN2O4P+. The van der Waals surface area contributed by atoms with Crippen LogP contribution in [0.1, 0.15) is 13.3 Å². The van der Waals surface area contributed by atoms with Crippen molar-refractivity contribution in [2.24, 2.45) is 0 Å². The molecule has 8 heteroatoms. The highest BCUT2D eigenvalue weighted by Gasteiger charge is 2.10. The summed E-state index contributed by atoms with van der Waals surface area (Å²) < 4.78 is 14.4. The van der Waals surface area contributed by atoms with E-state index in [4.69, 9.17) is 4.89 Å². The third-order valence-electron chi connectivity index (χ3n) is 1.20. The number of rotatable bonds is 6. The Morgan fingerprint density at radius 2 is 1.89 bits per heavy atom. The summed E-state index contributed by atoms with van der Waals surface area (Å²) >= 11 is 0. The summed E-state index contributed by atoms with van der Waals surface area (Å²) in [6.45, 7) is 5.63. The first-order chi connectivity index (χ1) is 7.77. The van der Waals surface area contributed by atoms with Gasteiger partial charge in [0.05, 0.1) is 0 Å². The van der Waals surface area contributed by atoms with Crippen LogP contribution in [0.3, 0.4) is 0 Å². The SMILES string of the molecule is C=C(C)C(=O)NCCCO[P+](=O)O.CN(C)C.Cl. The van der Waals surface area contributed by atoms with Crippen LogP contribution in [0.5, 0.6) is 0 Å². The molecule has 0 bridgehead atoms. The van der Waals surface area contributed by atoms with Crippen LogP contribution >= 0.6 is 20.7 Å². The number of amides is 1. The number of nitrogens with one attached hydrogen (secondary N) is 1. The molecule has 108 valence electrons. The monoisotopic (exact) mass is 301 g/mol. The fraction of sp³-hybridized carbons (Fsp3) is 0.700. The Kier molecular flexibility index (Phi) is 18.3. The number of carbonyl (C=O) groups is 1. The quantitative estimate of drug-likeness (QED) is 0.440. The van der Waals surface area contributed by atoms with Crippen LogP contribution in [0.2, 0.25) is 0 Å². The van der Waals surface area contributed by atoms with Crippen molar-refractivity contribution in [3.63, 3.8) is 0 Å². The van der Waals surface area contributed by atoms with E-state index in [1.807, 2.05) is 26.0 Å². The van der Waals surface area contributed by atoms with Gasteiger partial charge >= 0.3 is 8.25 Å². The predicted octanol–water partition coefficient (Wildman–Crippen LogP) is 1.33. The van der Waals surface area contributed by atoms with E-state index in [0.29, 0.717) is 18.5 Å². The van der Waals surface area contributed by atoms with Gasteiger partial charge in [0, 0.05) is 16.7 Å². The maximum atomic E-state index is 10.9. The van der Waals surface area contributed by atoms with Crippen molar-refractivity contribution in [1.82, 2.24) is 10.2 Å². The molecule has 2 N–H and O–H groups in total. The van der Waals surface area contributed by atoms with Gasteiger partial charge in [0.25, 0.3) is 0 Å². The number of halogens is 1. The van der Waals surface area contributed by atoms with E-state index >= 15 is 0 Å². The molecule has 0 aliphatic heterocycles. The van der Waals surface area contributed by atoms with Gasteiger partial charge in [0.1, 0.15) is 6.61 Å². The highest BCUT2D eigenvalue weighted by molar-refractivity contribution is 7.32. The van der Waals surface area contributed by atoms with Gasteiger partial charge in [-0.15, -0.1) is 21.8 Å². The lowest BCUT2D eigenvalue weighted by Crippen LogP contribution is -2.25. The van der Waals surface area contributed by atoms with Crippen molar-refractivity contribution in [3.05, 3.63) is 12.2 Å². The summed E-state index contributed by atoms with van der Waals surface area (Å²) in [5.41, 5.74) is 0.439. The van der Waals surface area contributed by atoms with Gasteiger partial charge in [-0.2, -0.15) is 0 Å². The minimum absolute atomic E-state index is 0. The zero-order chi connectivity index (χ0) is 13.8. The Hall–Kier alpha value is -0.520. The van der Waals surface area contributed by atoms with E-state index < -0.39 is 8.25 Å². The lowest BCUT2D eigenvalue weighted by Gasteiger charge is -2.01. The Labute approximate surface area is 116 Å². The second-order valence-corrected chi connectivity index (χ2v) is 4.54. The normalized spacial score (nSPS) is 9.78. The Bertz CT molecular complexity index is 260. The molecule has 0 spiro atoms. The third kappa shape index (κ3) is 24.6. The predicted molar refractivity (Wildman–Crippen MR) is 75.1 cm³/mol. The molecule has 1 atom stereocenters. The van der Waals surface area contributed by atoms with Gasteiger partial charge in [-0.3, -0.25) is 4.79 Å². The summed E-state index contributed by atoms with van der Waals surface area (Å²) in [4.78, 5) is 21.1. The van der Waals surface area contributed by atoms with E-state index in [2.05, 4.69) is 16.4 Å². The molecule has 0 fully saturated rings. The number of hydrogen-bond acceptors (Lipinski definition) is 4. The van der Waals surface area contributed by atoms with Crippen molar-refractivity contribution in [2.45, 2.75) is 13.3 Å². The van der Waals surface area contributed by atoms with Crippen LogP contribution in [-0.4, -0.2) is 50.0 Å². The second-order valence-electron chi connectivity index (χ2n) is 3.80. The highest BCUT2D eigenvalue weighted by Crippen LogP contribution is 2.13. The molecule has 1 amide bonds. The van der Waals surface area contributed by atoms with Crippen molar-refractivity contribution < 1.29 is 18.8 Å². The van der Waals surface area contributed by atoms with E-state index in [1.54, 1.807) is 6.92 Å². The summed E-state index contributed by atoms with van der Waals surface area (Å²) in [6, 6.07) is 0. The number of nitrogens with zero attached hydrogens (tertiary/aromatic N) is 1. The average molecular weight is 302 g/mol. The van der Waals surface area contributed by atoms with Gasteiger partial charge in [-0.25, -0.2) is 0 Å².